The lowest BCUT2D eigenvalue weighted by Gasteiger charge is -2.63. The summed E-state index contributed by atoms with van der Waals surface area (Å²) in [6.45, 7) is 8.14. The molecule has 1 aromatic carbocycles. The van der Waals surface area contributed by atoms with E-state index in [1.54, 1.807) is 18.2 Å². The average molecular weight is 419 g/mol. The summed E-state index contributed by atoms with van der Waals surface area (Å²) in [5.41, 5.74) is -0.0895. The maximum atomic E-state index is 12.6. The van der Waals surface area contributed by atoms with Crippen molar-refractivity contribution in [3.05, 3.63) is 52.0 Å². The van der Waals surface area contributed by atoms with E-state index < -0.39 is 0 Å². The second-order valence-electron chi connectivity index (χ2n) is 8.02. The number of carbonyl (C=O) groups is 1. The third kappa shape index (κ3) is 3.52. The van der Waals surface area contributed by atoms with Gasteiger partial charge in [0.25, 0.3) is 5.91 Å². The number of ether oxygens (including phenoxy) is 1. The number of halogens is 2. The molecule has 6 nitrogen and oxygen atoms in total. The molecule has 0 radical (unpaired) electrons. The second kappa shape index (κ2) is 7.23. The summed E-state index contributed by atoms with van der Waals surface area (Å²) in [7, 11) is 0. The van der Waals surface area contributed by atoms with Crippen LogP contribution in [0.1, 0.15) is 43.7 Å². The fraction of sp³-hybridized carbons (Fsp3) is 0.400. The lowest BCUT2D eigenvalue weighted by atomic mass is 9.49. The number of rotatable bonds is 4. The van der Waals surface area contributed by atoms with Crippen molar-refractivity contribution in [2.45, 2.75) is 39.8 Å². The normalized spacial score (nSPS) is 21.9. The standard InChI is InChI=1S/C20H20Cl2N4O2/c1-19(2)17(26-16(27)14-9-25-15(22)10-24-14)20(3,4)18(19)28-12-6-5-11(8-23)13(21)7-12/h5-7,9-10,17-18H,1-4H3,(H,26,27). The van der Waals surface area contributed by atoms with Crippen molar-refractivity contribution in [3.8, 4) is 11.8 Å². The summed E-state index contributed by atoms with van der Waals surface area (Å²) in [5.74, 6) is 0.277. The Balaban J connectivity index is 1.76. The minimum Gasteiger partial charge on any atom is -0.489 e. The van der Waals surface area contributed by atoms with E-state index in [4.69, 9.17) is 33.2 Å². The third-order valence-corrected chi connectivity index (χ3v) is 5.79. The first-order valence-corrected chi connectivity index (χ1v) is 9.47. The highest BCUT2D eigenvalue weighted by molar-refractivity contribution is 6.31. The quantitative estimate of drug-likeness (QED) is 0.800. The Morgan fingerprint density at radius 2 is 1.86 bits per heavy atom. The Morgan fingerprint density at radius 3 is 2.39 bits per heavy atom. The van der Waals surface area contributed by atoms with Crippen molar-refractivity contribution in [3.63, 3.8) is 0 Å². The molecule has 0 spiro atoms. The molecular weight excluding hydrogens is 399 g/mol. The fourth-order valence-corrected chi connectivity index (χ4v) is 4.54. The van der Waals surface area contributed by atoms with Gasteiger partial charge in [0.1, 0.15) is 28.8 Å². The molecule has 1 heterocycles. The van der Waals surface area contributed by atoms with E-state index >= 15 is 0 Å². The van der Waals surface area contributed by atoms with E-state index in [1.807, 2.05) is 33.8 Å². The molecule has 0 saturated heterocycles. The van der Waals surface area contributed by atoms with Crippen LogP contribution in [0, 0.1) is 22.2 Å². The van der Waals surface area contributed by atoms with Crippen LogP contribution in [0.2, 0.25) is 10.2 Å². The van der Waals surface area contributed by atoms with Crippen LogP contribution < -0.4 is 10.1 Å². The molecule has 146 valence electrons. The molecule has 1 aliphatic carbocycles. The van der Waals surface area contributed by atoms with Crippen LogP contribution in [0.5, 0.6) is 5.75 Å². The Hall–Kier alpha value is -2.36. The highest BCUT2D eigenvalue weighted by Gasteiger charge is 2.64. The first kappa shape index (κ1) is 20.4. The number of carbonyl (C=O) groups excluding carboxylic acids is 1. The van der Waals surface area contributed by atoms with Crippen molar-refractivity contribution < 1.29 is 9.53 Å². The van der Waals surface area contributed by atoms with Crippen LogP contribution in [0.15, 0.2) is 30.6 Å². The maximum Gasteiger partial charge on any atom is 0.271 e. The van der Waals surface area contributed by atoms with Gasteiger partial charge in [-0.1, -0.05) is 50.9 Å². The monoisotopic (exact) mass is 418 g/mol. The minimum atomic E-state index is -0.348. The molecule has 1 saturated carbocycles. The highest BCUT2D eigenvalue weighted by Crippen LogP contribution is 2.55. The number of hydrogen-bond donors (Lipinski definition) is 1. The van der Waals surface area contributed by atoms with Gasteiger partial charge in [-0.05, 0) is 12.1 Å². The number of hydrogen-bond acceptors (Lipinski definition) is 5. The number of benzene rings is 1. The zero-order valence-electron chi connectivity index (χ0n) is 16.0. The Labute approximate surface area is 173 Å². The van der Waals surface area contributed by atoms with E-state index in [2.05, 4.69) is 15.3 Å². The summed E-state index contributed by atoms with van der Waals surface area (Å²) < 4.78 is 6.20. The zero-order chi connectivity index (χ0) is 20.7. The highest BCUT2D eigenvalue weighted by atomic mass is 35.5. The van der Waals surface area contributed by atoms with Gasteiger partial charge in [0, 0.05) is 22.9 Å². The molecule has 2 aromatic rings. The average Bonchev–Trinajstić information content (AvgIpc) is 2.64. The Morgan fingerprint density at radius 1 is 1.18 bits per heavy atom. The molecule has 0 bridgehead atoms. The first-order chi connectivity index (χ1) is 13.1. The van der Waals surface area contributed by atoms with E-state index in [9.17, 15) is 4.79 Å². The van der Waals surface area contributed by atoms with Gasteiger partial charge in [0.2, 0.25) is 0 Å². The molecule has 28 heavy (non-hydrogen) atoms. The molecule has 1 N–H and O–H groups in total. The molecule has 1 fully saturated rings. The second-order valence-corrected chi connectivity index (χ2v) is 8.82. The van der Waals surface area contributed by atoms with Gasteiger partial charge < -0.3 is 10.1 Å². The lowest BCUT2D eigenvalue weighted by Crippen LogP contribution is -2.74. The van der Waals surface area contributed by atoms with Gasteiger partial charge in [-0.3, -0.25) is 4.79 Å². The van der Waals surface area contributed by atoms with Crippen LogP contribution >= 0.6 is 23.2 Å². The van der Waals surface area contributed by atoms with Crippen LogP contribution in [-0.2, 0) is 0 Å². The molecule has 1 aromatic heterocycles. The van der Waals surface area contributed by atoms with Gasteiger partial charge in [-0.2, -0.15) is 5.26 Å². The number of nitrogens with zero attached hydrogens (tertiary/aromatic N) is 3. The summed E-state index contributed by atoms with van der Waals surface area (Å²) in [4.78, 5) is 20.5. The van der Waals surface area contributed by atoms with Crippen LogP contribution in [0.25, 0.3) is 0 Å². The van der Waals surface area contributed by atoms with E-state index in [0.717, 1.165) is 0 Å². The summed E-state index contributed by atoms with van der Waals surface area (Å²) in [6, 6.07) is 6.88. The molecule has 3 rings (SSSR count). The topological polar surface area (TPSA) is 87.9 Å². The molecule has 0 atom stereocenters. The first-order valence-electron chi connectivity index (χ1n) is 8.72. The smallest absolute Gasteiger partial charge is 0.271 e. The predicted octanol–water partition coefficient (Wildman–Crippen LogP) is 4.27. The summed E-state index contributed by atoms with van der Waals surface area (Å²) >= 11 is 11.8. The Kier molecular flexibility index (Phi) is 5.26. The number of nitrogens with one attached hydrogen (secondary N) is 1. The summed E-state index contributed by atoms with van der Waals surface area (Å²) in [6.07, 6.45) is 2.52. The van der Waals surface area contributed by atoms with Crippen molar-refractivity contribution in [1.82, 2.24) is 15.3 Å². The SMILES string of the molecule is CC1(C)C(NC(=O)c2cnc(Cl)cn2)C(C)(C)C1Oc1ccc(C#N)c(Cl)c1. The van der Waals surface area contributed by atoms with Crippen molar-refractivity contribution in [2.75, 3.05) is 0 Å². The zero-order valence-corrected chi connectivity index (χ0v) is 17.5. The molecule has 0 unspecified atom stereocenters. The molecule has 1 amide bonds. The van der Waals surface area contributed by atoms with Crippen LogP contribution in [0.3, 0.4) is 0 Å². The van der Waals surface area contributed by atoms with E-state index in [0.29, 0.717) is 16.3 Å². The molecule has 8 heteroatoms. The van der Waals surface area contributed by atoms with Crippen LogP contribution in [0.4, 0.5) is 0 Å². The van der Waals surface area contributed by atoms with Gasteiger partial charge in [0.05, 0.1) is 23.0 Å². The minimum absolute atomic E-state index is 0.149. The Bertz CT molecular complexity index is 936. The van der Waals surface area contributed by atoms with Crippen molar-refractivity contribution >= 4 is 29.1 Å². The molecule has 0 aliphatic heterocycles. The largest absolute Gasteiger partial charge is 0.489 e. The van der Waals surface area contributed by atoms with Gasteiger partial charge in [-0.25, -0.2) is 9.97 Å². The fourth-order valence-electron chi connectivity index (χ4n) is 4.23. The molecular formula is C20H20Cl2N4O2. The number of amides is 1. The van der Waals surface area contributed by atoms with Gasteiger partial charge in [-0.15, -0.1) is 0 Å². The van der Waals surface area contributed by atoms with Gasteiger partial charge >= 0.3 is 0 Å². The maximum absolute atomic E-state index is 12.6. The summed E-state index contributed by atoms with van der Waals surface area (Å²) in [5, 5.41) is 12.6. The van der Waals surface area contributed by atoms with E-state index in [1.165, 1.54) is 12.4 Å². The van der Waals surface area contributed by atoms with Crippen molar-refractivity contribution in [1.29, 1.82) is 5.26 Å². The number of nitriles is 1. The number of aromatic nitrogens is 2. The molecule has 1 aliphatic rings. The van der Waals surface area contributed by atoms with Crippen molar-refractivity contribution in [2.24, 2.45) is 10.8 Å². The van der Waals surface area contributed by atoms with Gasteiger partial charge in [0.15, 0.2) is 0 Å². The van der Waals surface area contributed by atoms with Crippen LogP contribution in [-0.4, -0.2) is 28.0 Å². The lowest BCUT2D eigenvalue weighted by molar-refractivity contribution is -0.164. The van der Waals surface area contributed by atoms with E-state index in [-0.39, 0.29) is 39.7 Å². The predicted molar refractivity (Wildman–Crippen MR) is 106 cm³/mol. The third-order valence-electron chi connectivity index (χ3n) is 5.28.